The number of hydrogen-bond acceptors (Lipinski definition) is 2. The first-order valence-corrected chi connectivity index (χ1v) is 7.24. The highest BCUT2D eigenvalue weighted by molar-refractivity contribution is 9.10. The molecule has 0 amide bonds. The van der Waals surface area contributed by atoms with Gasteiger partial charge in [-0.3, -0.25) is 0 Å². The van der Waals surface area contributed by atoms with Gasteiger partial charge >= 0.3 is 0 Å². The first kappa shape index (κ1) is 16.5. The summed E-state index contributed by atoms with van der Waals surface area (Å²) in [5.41, 5.74) is 0.0392. The average molecular weight is 336 g/mol. The average Bonchev–Trinajstić information content (AvgIpc) is 2.30. The highest BCUT2D eigenvalue weighted by atomic mass is 79.9. The van der Waals surface area contributed by atoms with Crippen LogP contribution in [0.15, 0.2) is 16.6 Å². The number of ether oxygens (including phenoxy) is 1. The third-order valence-corrected chi connectivity index (χ3v) is 3.09. The summed E-state index contributed by atoms with van der Waals surface area (Å²) in [7, 11) is 0. The van der Waals surface area contributed by atoms with Crippen LogP contribution >= 0.6 is 15.9 Å². The van der Waals surface area contributed by atoms with E-state index in [0.29, 0.717) is 11.0 Å². The molecule has 108 valence electrons. The van der Waals surface area contributed by atoms with Gasteiger partial charge in [0, 0.05) is 10.0 Å². The lowest BCUT2D eigenvalue weighted by molar-refractivity contribution is 0.0596. The first-order valence-electron chi connectivity index (χ1n) is 6.45. The smallest absolute Gasteiger partial charge is 0.132 e. The van der Waals surface area contributed by atoms with Crippen molar-refractivity contribution < 1.29 is 13.5 Å². The van der Waals surface area contributed by atoms with Crippen molar-refractivity contribution in [3.05, 3.63) is 33.8 Å². The van der Waals surface area contributed by atoms with Gasteiger partial charge in [-0.15, -0.1) is 0 Å². The molecule has 0 fully saturated rings. The molecule has 0 saturated heterocycles. The Labute approximate surface area is 121 Å². The second-order valence-corrected chi connectivity index (χ2v) is 5.59. The minimum absolute atomic E-state index is 0.0208. The van der Waals surface area contributed by atoms with Crippen LogP contribution in [0.3, 0.4) is 0 Å². The summed E-state index contributed by atoms with van der Waals surface area (Å²) in [6, 6.07) is 2.07. The number of rotatable bonds is 7. The van der Waals surface area contributed by atoms with E-state index in [1.807, 2.05) is 20.8 Å². The van der Waals surface area contributed by atoms with Crippen LogP contribution in [0.1, 0.15) is 38.8 Å². The Kier molecular flexibility index (Phi) is 6.89. The maximum absolute atomic E-state index is 13.9. The van der Waals surface area contributed by atoms with Crippen LogP contribution in [0, 0.1) is 11.6 Å². The lowest BCUT2D eigenvalue weighted by atomic mass is 10.1. The van der Waals surface area contributed by atoms with Gasteiger partial charge in [-0.2, -0.15) is 0 Å². The van der Waals surface area contributed by atoms with E-state index in [-0.39, 0.29) is 18.3 Å². The Bertz CT molecular complexity index is 389. The summed E-state index contributed by atoms with van der Waals surface area (Å²) in [6.45, 7) is 6.71. The van der Waals surface area contributed by atoms with E-state index in [1.54, 1.807) is 0 Å². The highest BCUT2D eigenvalue weighted by Crippen LogP contribution is 2.25. The Morgan fingerprint density at radius 2 is 1.84 bits per heavy atom. The predicted octanol–water partition coefficient (Wildman–Crippen LogP) is 4.19. The van der Waals surface area contributed by atoms with E-state index in [4.69, 9.17) is 4.74 Å². The fraction of sp³-hybridized carbons (Fsp3) is 0.571. The molecule has 0 spiro atoms. The van der Waals surface area contributed by atoms with Crippen LogP contribution in [0.25, 0.3) is 0 Å². The molecule has 1 aromatic rings. The summed E-state index contributed by atoms with van der Waals surface area (Å²) >= 11 is 3.08. The Morgan fingerprint density at radius 3 is 2.32 bits per heavy atom. The van der Waals surface area contributed by atoms with Crippen molar-refractivity contribution in [1.29, 1.82) is 0 Å². The molecular formula is C14H20BrF2NO. The molecule has 2 nitrogen and oxygen atoms in total. The second kappa shape index (κ2) is 7.92. The molecule has 0 aromatic heterocycles. The lowest BCUT2D eigenvalue weighted by Crippen LogP contribution is -2.29. The van der Waals surface area contributed by atoms with E-state index in [9.17, 15) is 8.78 Å². The second-order valence-electron chi connectivity index (χ2n) is 4.67. The Hall–Kier alpha value is -0.520. The van der Waals surface area contributed by atoms with Crippen molar-refractivity contribution in [3.8, 4) is 0 Å². The molecular weight excluding hydrogens is 316 g/mol. The number of nitrogens with one attached hydrogen (secondary N) is 1. The lowest BCUT2D eigenvalue weighted by Gasteiger charge is -2.21. The topological polar surface area (TPSA) is 21.3 Å². The van der Waals surface area contributed by atoms with Crippen molar-refractivity contribution in [2.24, 2.45) is 0 Å². The van der Waals surface area contributed by atoms with Gasteiger partial charge in [0.2, 0.25) is 0 Å². The fourth-order valence-corrected chi connectivity index (χ4v) is 2.14. The van der Waals surface area contributed by atoms with E-state index in [1.165, 1.54) is 12.1 Å². The van der Waals surface area contributed by atoms with Gasteiger partial charge in [0.05, 0.1) is 18.8 Å². The van der Waals surface area contributed by atoms with Gasteiger partial charge in [0.25, 0.3) is 0 Å². The van der Waals surface area contributed by atoms with Gasteiger partial charge in [-0.1, -0.05) is 22.9 Å². The maximum atomic E-state index is 13.9. The van der Waals surface area contributed by atoms with E-state index < -0.39 is 17.7 Å². The molecule has 0 aliphatic carbocycles. The zero-order valence-corrected chi connectivity index (χ0v) is 13.1. The van der Waals surface area contributed by atoms with Crippen LogP contribution < -0.4 is 5.32 Å². The molecule has 1 rings (SSSR count). The first-order chi connectivity index (χ1) is 8.95. The molecule has 0 radical (unpaired) electrons. The van der Waals surface area contributed by atoms with Crippen molar-refractivity contribution in [2.75, 3.05) is 13.2 Å². The summed E-state index contributed by atoms with van der Waals surface area (Å²) in [6.07, 6.45) is 0.908. The van der Waals surface area contributed by atoms with Crippen LogP contribution in [-0.2, 0) is 4.74 Å². The van der Waals surface area contributed by atoms with Gasteiger partial charge in [-0.25, -0.2) is 8.78 Å². The third kappa shape index (κ3) is 5.16. The van der Waals surface area contributed by atoms with Gasteiger partial charge in [0.15, 0.2) is 0 Å². The summed E-state index contributed by atoms with van der Waals surface area (Å²) in [4.78, 5) is 0. The largest absolute Gasteiger partial charge is 0.377 e. The molecule has 0 aliphatic heterocycles. The van der Waals surface area contributed by atoms with E-state index in [2.05, 4.69) is 21.2 Å². The number of benzene rings is 1. The molecule has 0 aliphatic rings. The molecule has 5 heteroatoms. The normalized spacial score (nSPS) is 13.0. The van der Waals surface area contributed by atoms with Crippen molar-refractivity contribution in [3.63, 3.8) is 0 Å². The SMILES string of the molecule is CCCNC(COC(C)C)c1c(F)cc(Br)cc1F. The van der Waals surface area contributed by atoms with Gasteiger partial charge in [0.1, 0.15) is 11.6 Å². The zero-order chi connectivity index (χ0) is 14.4. The Balaban J connectivity index is 2.95. The Morgan fingerprint density at radius 1 is 1.26 bits per heavy atom. The van der Waals surface area contributed by atoms with Crippen molar-refractivity contribution >= 4 is 15.9 Å². The molecule has 1 aromatic carbocycles. The standard InChI is InChI=1S/C14H20BrF2NO/c1-4-5-18-13(8-19-9(2)3)14-11(16)6-10(15)7-12(14)17/h6-7,9,13,18H,4-5,8H2,1-3H3. The van der Waals surface area contributed by atoms with Crippen molar-refractivity contribution in [2.45, 2.75) is 39.3 Å². The van der Waals surface area contributed by atoms with Gasteiger partial charge in [-0.05, 0) is 38.9 Å². The third-order valence-electron chi connectivity index (χ3n) is 2.63. The van der Waals surface area contributed by atoms with Gasteiger partial charge < -0.3 is 10.1 Å². The van der Waals surface area contributed by atoms with Crippen LogP contribution in [0.2, 0.25) is 0 Å². The van der Waals surface area contributed by atoms with Crippen LogP contribution in [-0.4, -0.2) is 19.3 Å². The summed E-state index contributed by atoms with van der Waals surface area (Å²) < 4.78 is 33.8. The molecule has 1 atom stereocenters. The predicted molar refractivity (Wildman–Crippen MR) is 76.2 cm³/mol. The molecule has 0 bridgehead atoms. The molecule has 19 heavy (non-hydrogen) atoms. The van der Waals surface area contributed by atoms with E-state index >= 15 is 0 Å². The fourth-order valence-electron chi connectivity index (χ4n) is 1.74. The number of halogens is 3. The molecule has 0 heterocycles. The monoisotopic (exact) mass is 335 g/mol. The molecule has 0 saturated carbocycles. The summed E-state index contributed by atoms with van der Waals surface area (Å²) in [5, 5.41) is 3.12. The van der Waals surface area contributed by atoms with Crippen LogP contribution in [0.4, 0.5) is 8.78 Å². The molecule has 1 N–H and O–H groups in total. The quantitative estimate of drug-likeness (QED) is 0.806. The zero-order valence-electron chi connectivity index (χ0n) is 11.5. The summed E-state index contributed by atoms with van der Waals surface area (Å²) in [5.74, 6) is -1.12. The van der Waals surface area contributed by atoms with Crippen LogP contribution in [0.5, 0.6) is 0 Å². The van der Waals surface area contributed by atoms with E-state index in [0.717, 1.165) is 6.42 Å². The molecule has 1 unspecified atom stereocenters. The maximum Gasteiger partial charge on any atom is 0.132 e. The van der Waals surface area contributed by atoms with Crippen molar-refractivity contribution in [1.82, 2.24) is 5.32 Å². The minimum Gasteiger partial charge on any atom is -0.377 e. The number of hydrogen-bond donors (Lipinski definition) is 1. The highest BCUT2D eigenvalue weighted by Gasteiger charge is 2.21. The minimum atomic E-state index is -0.562.